The highest BCUT2D eigenvalue weighted by molar-refractivity contribution is 9.11. The van der Waals surface area contributed by atoms with E-state index in [0.717, 1.165) is 5.56 Å². The molecule has 0 heterocycles. The third-order valence-electron chi connectivity index (χ3n) is 1.84. The van der Waals surface area contributed by atoms with Gasteiger partial charge in [-0.15, -0.1) is 0 Å². The van der Waals surface area contributed by atoms with Crippen LogP contribution < -0.4 is 11.5 Å². The molecular formula is C14H25BrN2. The van der Waals surface area contributed by atoms with Gasteiger partial charge in [0, 0.05) is 5.56 Å². The molecule has 0 saturated heterocycles. The molecule has 0 aliphatic carbocycles. The molecule has 0 spiro atoms. The van der Waals surface area contributed by atoms with Gasteiger partial charge in [0.15, 0.2) is 0 Å². The summed E-state index contributed by atoms with van der Waals surface area (Å²) in [5.41, 5.74) is 12.6. The van der Waals surface area contributed by atoms with E-state index in [1.54, 1.807) is 0 Å². The van der Waals surface area contributed by atoms with Crippen molar-refractivity contribution in [1.29, 1.82) is 0 Å². The first-order chi connectivity index (χ1) is 8.13. The van der Waals surface area contributed by atoms with Crippen molar-refractivity contribution >= 4 is 21.6 Å². The molecule has 0 radical (unpaired) electrons. The average molecular weight is 301 g/mol. The first-order valence-electron chi connectivity index (χ1n) is 6.09. The minimum absolute atomic E-state index is 0.476. The zero-order chi connectivity index (χ0) is 13.7. The normalized spacial score (nSPS) is 10.2. The Morgan fingerprint density at radius 2 is 1.41 bits per heavy atom. The summed E-state index contributed by atoms with van der Waals surface area (Å²) < 4.78 is 0.476. The number of benzene rings is 1. The van der Waals surface area contributed by atoms with Gasteiger partial charge in [-0.25, -0.2) is 0 Å². The molecule has 0 saturated carbocycles. The maximum absolute atomic E-state index is 5.65. The molecule has 17 heavy (non-hydrogen) atoms. The van der Waals surface area contributed by atoms with Crippen molar-refractivity contribution in [3.63, 3.8) is 0 Å². The SMILES string of the molecule is CC.CCCC.N/C(Br)=C(\N)c1ccccc1. The molecule has 2 nitrogen and oxygen atoms in total. The van der Waals surface area contributed by atoms with Crippen LogP contribution in [-0.4, -0.2) is 0 Å². The molecule has 0 aromatic heterocycles. The van der Waals surface area contributed by atoms with Crippen molar-refractivity contribution in [2.45, 2.75) is 40.5 Å². The third kappa shape index (κ3) is 9.94. The van der Waals surface area contributed by atoms with Crippen molar-refractivity contribution in [1.82, 2.24) is 0 Å². The number of hydrogen-bond donors (Lipinski definition) is 2. The van der Waals surface area contributed by atoms with Gasteiger partial charge in [-0.2, -0.15) is 0 Å². The first-order valence-corrected chi connectivity index (χ1v) is 6.88. The fraction of sp³-hybridized carbons (Fsp3) is 0.429. The smallest absolute Gasteiger partial charge is 0.0993 e. The lowest BCUT2D eigenvalue weighted by molar-refractivity contribution is 0.886. The van der Waals surface area contributed by atoms with Crippen LogP contribution in [-0.2, 0) is 0 Å². The highest BCUT2D eigenvalue weighted by Crippen LogP contribution is 2.12. The van der Waals surface area contributed by atoms with E-state index in [9.17, 15) is 0 Å². The highest BCUT2D eigenvalue weighted by Gasteiger charge is 1.96. The Hall–Kier alpha value is -0.960. The van der Waals surface area contributed by atoms with Crippen LogP contribution >= 0.6 is 15.9 Å². The van der Waals surface area contributed by atoms with Crippen LogP contribution in [0.4, 0.5) is 0 Å². The number of halogens is 1. The van der Waals surface area contributed by atoms with Crippen molar-refractivity contribution in [3.8, 4) is 0 Å². The molecule has 0 aliphatic rings. The lowest BCUT2D eigenvalue weighted by atomic mass is 10.2. The van der Waals surface area contributed by atoms with Crippen molar-refractivity contribution in [3.05, 3.63) is 40.5 Å². The Morgan fingerprint density at radius 3 is 1.71 bits per heavy atom. The van der Waals surface area contributed by atoms with Crippen LogP contribution in [0.5, 0.6) is 0 Å². The Kier molecular flexibility index (Phi) is 14.2. The molecule has 98 valence electrons. The van der Waals surface area contributed by atoms with Crippen LogP contribution in [0, 0.1) is 0 Å². The number of nitrogens with two attached hydrogens (primary N) is 2. The number of hydrogen-bond acceptors (Lipinski definition) is 2. The van der Waals surface area contributed by atoms with Crippen LogP contribution in [0.3, 0.4) is 0 Å². The maximum Gasteiger partial charge on any atom is 0.0993 e. The summed E-state index contributed by atoms with van der Waals surface area (Å²) in [6.07, 6.45) is 2.64. The third-order valence-corrected chi connectivity index (χ3v) is 2.27. The second-order valence-electron chi connectivity index (χ2n) is 3.13. The fourth-order valence-electron chi connectivity index (χ4n) is 0.756. The minimum Gasteiger partial charge on any atom is -0.396 e. The van der Waals surface area contributed by atoms with Crippen molar-refractivity contribution in [2.24, 2.45) is 11.5 Å². The monoisotopic (exact) mass is 300 g/mol. The summed E-state index contributed by atoms with van der Waals surface area (Å²) in [4.78, 5) is 0. The van der Waals surface area contributed by atoms with E-state index >= 15 is 0 Å². The topological polar surface area (TPSA) is 52.0 Å². The van der Waals surface area contributed by atoms with Crippen molar-refractivity contribution < 1.29 is 0 Å². The van der Waals surface area contributed by atoms with E-state index in [-0.39, 0.29) is 0 Å². The summed E-state index contributed by atoms with van der Waals surface area (Å²) in [6.45, 7) is 8.36. The van der Waals surface area contributed by atoms with Gasteiger partial charge in [0.1, 0.15) is 0 Å². The molecule has 3 heteroatoms. The second kappa shape index (κ2) is 13.1. The standard InChI is InChI=1S/C8H9BrN2.C4H10.C2H6/c9-8(11)7(10)6-4-2-1-3-5-6;1-3-4-2;1-2/h1-5H,10-11H2;3-4H2,1-2H3;1-2H3/b8-7-;;. The summed E-state index contributed by atoms with van der Waals surface area (Å²) >= 11 is 3.11. The van der Waals surface area contributed by atoms with Gasteiger partial charge in [-0.05, 0) is 15.9 Å². The Balaban J connectivity index is 0. The van der Waals surface area contributed by atoms with Crippen LogP contribution in [0.25, 0.3) is 5.70 Å². The lowest BCUT2D eigenvalue weighted by Gasteiger charge is -2.00. The first kappa shape index (κ1) is 18.4. The van der Waals surface area contributed by atoms with E-state index in [4.69, 9.17) is 11.5 Å². The van der Waals surface area contributed by atoms with E-state index in [2.05, 4.69) is 29.8 Å². The second-order valence-corrected chi connectivity index (χ2v) is 3.98. The van der Waals surface area contributed by atoms with Gasteiger partial charge in [0.25, 0.3) is 0 Å². The summed E-state index contributed by atoms with van der Waals surface area (Å²) in [6, 6.07) is 9.57. The molecule has 0 amide bonds. The van der Waals surface area contributed by atoms with Crippen LogP contribution in [0.2, 0.25) is 0 Å². The molecule has 1 rings (SSSR count). The molecule has 0 unspecified atom stereocenters. The van der Waals surface area contributed by atoms with E-state index in [1.807, 2.05) is 44.2 Å². The van der Waals surface area contributed by atoms with Gasteiger partial charge in [-0.3, -0.25) is 0 Å². The summed E-state index contributed by atoms with van der Waals surface area (Å²) in [7, 11) is 0. The average Bonchev–Trinajstić information content (AvgIpc) is 2.41. The molecule has 1 aromatic rings. The fourth-order valence-corrected chi connectivity index (χ4v) is 0.985. The van der Waals surface area contributed by atoms with Crippen LogP contribution in [0.15, 0.2) is 34.9 Å². The Labute approximate surface area is 114 Å². The largest absolute Gasteiger partial charge is 0.396 e. The van der Waals surface area contributed by atoms with Crippen LogP contribution in [0.1, 0.15) is 46.1 Å². The number of unbranched alkanes of at least 4 members (excludes halogenated alkanes) is 1. The Bertz CT molecular complexity index is 288. The maximum atomic E-state index is 5.65. The highest BCUT2D eigenvalue weighted by atomic mass is 79.9. The summed E-state index contributed by atoms with van der Waals surface area (Å²) in [5, 5.41) is 0. The van der Waals surface area contributed by atoms with E-state index < -0.39 is 0 Å². The molecule has 0 bridgehead atoms. The van der Waals surface area contributed by atoms with Gasteiger partial charge in [0.2, 0.25) is 0 Å². The molecule has 0 aliphatic heterocycles. The molecule has 0 atom stereocenters. The molecule has 0 fully saturated rings. The Morgan fingerprint density at radius 1 is 1.00 bits per heavy atom. The zero-order valence-electron chi connectivity index (χ0n) is 11.3. The zero-order valence-corrected chi connectivity index (χ0v) is 12.9. The molecule has 1 aromatic carbocycles. The van der Waals surface area contributed by atoms with Gasteiger partial charge < -0.3 is 11.5 Å². The van der Waals surface area contributed by atoms with Gasteiger partial charge >= 0.3 is 0 Å². The van der Waals surface area contributed by atoms with Crippen molar-refractivity contribution in [2.75, 3.05) is 0 Å². The predicted octanol–water partition coefficient (Wildman–Crippen LogP) is 4.46. The summed E-state index contributed by atoms with van der Waals surface area (Å²) in [5.74, 6) is 0. The molecule has 4 N–H and O–H groups in total. The quantitative estimate of drug-likeness (QED) is 0.792. The molecular weight excluding hydrogens is 276 g/mol. The predicted molar refractivity (Wildman–Crippen MR) is 82.6 cm³/mol. The minimum atomic E-state index is 0.476. The van der Waals surface area contributed by atoms with Gasteiger partial charge in [-0.1, -0.05) is 70.9 Å². The van der Waals surface area contributed by atoms with Gasteiger partial charge in [0.05, 0.1) is 10.3 Å². The number of rotatable bonds is 2. The lowest BCUT2D eigenvalue weighted by Crippen LogP contribution is -2.03. The van der Waals surface area contributed by atoms with E-state index in [1.165, 1.54) is 12.8 Å². The van der Waals surface area contributed by atoms with E-state index in [0.29, 0.717) is 10.3 Å².